The van der Waals surface area contributed by atoms with E-state index in [1.54, 1.807) is 0 Å². The van der Waals surface area contributed by atoms with Gasteiger partial charge < -0.3 is 5.73 Å². The molecular formula is C16H21N3. The van der Waals surface area contributed by atoms with Gasteiger partial charge in [0.1, 0.15) is 0 Å². The van der Waals surface area contributed by atoms with Crippen molar-refractivity contribution in [1.29, 1.82) is 0 Å². The largest absolute Gasteiger partial charge is 0.330 e. The van der Waals surface area contributed by atoms with Gasteiger partial charge in [-0.25, -0.2) is 0 Å². The average molecular weight is 255 g/mol. The molecule has 1 aromatic heterocycles. The zero-order valence-corrected chi connectivity index (χ0v) is 11.4. The summed E-state index contributed by atoms with van der Waals surface area (Å²) in [6.45, 7) is 2.95. The van der Waals surface area contributed by atoms with Crippen molar-refractivity contribution >= 4 is 0 Å². The summed E-state index contributed by atoms with van der Waals surface area (Å²) in [5.41, 5.74) is 9.94. The van der Waals surface area contributed by atoms with Crippen LogP contribution in [0.2, 0.25) is 0 Å². The van der Waals surface area contributed by atoms with Gasteiger partial charge in [0.15, 0.2) is 0 Å². The monoisotopic (exact) mass is 255 g/mol. The fourth-order valence-electron chi connectivity index (χ4n) is 3.12. The molecule has 1 heterocycles. The minimum absolute atomic E-state index is 0.293. The lowest BCUT2D eigenvalue weighted by Gasteiger charge is -2.24. The number of rotatable bonds is 3. The topological polar surface area (TPSA) is 43.8 Å². The molecule has 19 heavy (non-hydrogen) atoms. The quantitative estimate of drug-likeness (QED) is 0.916. The van der Waals surface area contributed by atoms with E-state index in [1.165, 1.54) is 29.7 Å². The molecule has 3 rings (SSSR count). The molecule has 1 aliphatic rings. The number of hydrogen-bond acceptors (Lipinski definition) is 2. The predicted octanol–water partition coefficient (Wildman–Crippen LogP) is 2.87. The Hall–Kier alpha value is -1.61. The molecule has 0 spiro atoms. The summed E-state index contributed by atoms with van der Waals surface area (Å²) in [5, 5.41) is 4.63. The predicted molar refractivity (Wildman–Crippen MR) is 77.2 cm³/mol. The molecule has 2 aromatic rings. The fourth-order valence-corrected chi connectivity index (χ4v) is 3.12. The third-order valence-electron chi connectivity index (χ3n) is 4.27. The number of hydrogen-bond donors (Lipinski definition) is 1. The molecule has 0 amide bonds. The van der Waals surface area contributed by atoms with Crippen LogP contribution in [0.15, 0.2) is 36.5 Å². The Morgan fingerprint density at radius 3 is 2.89 bits per heavy atom. The van der Waals surface area contributed by atoms with Crippen molar-refractivity contribution in [2.75, 3.05) is 6.54 Å². The summed E-state index contributed by atoms with van der Waals surface area (Å²) >= 11 is 0. The van der Waals surface area contributed by atoms with E-state index in [9.17, 15) is 0 Å². The van der Waals surface area contributed by atoms with Crippen molar-refractivity contribution in [3.63, 3.8) is 0 Å². The molecule has 0 saturated heterocycles. The zero-order valence-electron chi connectivity index (χ0n) is 11.4. The zero-order chi connectivity index (χ0) is 13.2. The van der Waals surface area contributed by atoms with Gasteiger partial charge in [-0.05, 0) is 49.8 Å². The van der Waals surface area contributed by atoms with Crippen LogP contribution in [0.3, 0.4) is 0 Å². The minimum Gasteiger partial charge on any atom is -0.330 e. The van der Waals surface area contributed by atoms with Crippen LogP contribution in [-0.4, -0.2) is 16.3 Å². The Bertz CT molecular complexity index is 544. The second-order valence-electron chi connectivity index (χ2n) is 5.40. The van der Waals surface area contributed by atoms with Crippen LogP contribution in [0.4, 0.5) is 0 Å². The molecule has 0 aliphatic heterocycles. The normalized spacial score (nSPS) is 20.0. The van der Waals surface area contributed by atoms with Crippen molar-refractivity contribution in [3.8, 4) is 0 Å². The van der Waals surface area contributed by atoms with Gasteiger partial charge in [0, 0.05) is 5.69 Å². The van der Waals surface area contributed by atoms with Crippen molar-refractivity contribution in [3.05, 3.63) is 53.3 Å². The van der Waals surface area contributed by atoms with Crippen LogP contribution >= 0.6 is 0 Å². The van der Waals surface area contributed by atoms with Gasteiger partial charge >= 0.3 is 0 Å². The first-order chi connectivity index (χ1) is 9.31. The van der Waals surface area contributed by atoms with E-state index in [0.29, 0.717) is 12.0 Å². The van der Waals surface area contributed by atoms with Crippen molar-refractivity contribution in [2.24, 2.45) is 5.73 Å². The van der Waals surface area contributed by atoms with Crippen LogP contribution in [0.1, 0.15) is 48.5 Å². The summed E-state index contributed by atoms with van der Waals surface area (Å²) in [6, 6.07) is 10.9. The van der Waals surface area contributed by atoms with Gasteiger partial charge in [-0.2, -0.15) is 5.10 Å². The Morgan fingerprint density at radius 1 is 1.37 bits per heavy atom. The fraction of sp³-hybridized carbons (Fsp3) is 0.438. The Balaban J connectivity index is 1.96. The van der Waals surface area contributed by atoms with Gasteiger partial charge in [0.25, 0.3) is 0 Å². The highest BCUT2D eigenvalue weighted by molar-refractivity contribution is 5.28. The third kappa shape index (κ3) is 2.19. The second-order valence-corrected chi connectivity index (χ2v) is 5.40. The van der Waals surface area contributed by atoms with Crippen LogP contribution < -0.4 is 5.73 Å². The van der Waals surface area contributed by atoms with E-state index in [0.717, 1.165) is 13.0 Å². The first-order valence-electron chi connectivity index (χ1n) is 7.12. The molecule has 2 N–H and O–H groups in total. The van der Waals surface area contributed by atoms with E-state index in [4.69, 9.17) is 5.73 Å². The van der Waals surface area contributed by atoms with Gasteiger partial charge in [0.05, 0.1) is 12.2 Å². The summed E-state index contributed by atoms with van der Waals surface area (Å²) in [6.07, 6.45) is 5.59. The molecule has 3 heteroatoms. The number of benzene rings is 1. The Morgan fingerprint density at radius 2 is 2.16 bits per heavy atom. The van der Waals surface area contributed by atoms with Gasteiger partial charge in [-0.3, -0.25) is 4.68 Å². The Labute approximate surface area is 114 Å². The van der Waals surface area contributed by atoms with Gasteiger partial charge in [-0.1, -0.05) is 30.3 Å². The van der Waals surface area contributed by atoms with Crippen molar-refractivity contribution in [1.82, 2.24) is 9.78 Å². The van der Waals surface area contributed by atoms with Crippen LogP contribution in [-0.2, 0) is 6.42 Å². The number of fused-ring (bicyclic) bond motifs is 1. The molecule has 0 fully saturated rings. The minimum atomic E-state index is 0.293. The lowest BCUT2D eigenvalue weighted by molar-refractivity contribution is 0.495. The first kappa shape index (κ1) is 12.4. The van der Waals surface area contributed by atoms with E-state index in [-0.39, 0.29) is 0 Å². The molecule has 1 aliphatic carbocycles. The highest BCUT2D eigenvalue weighted by Gasteiger charge is 2.25. The summed E-state index contributed by atoms with van der Waals surface area (Å²) < 4.78 is 2.19. The Kier molecular flexibility index (Phi) is 3.38. The molecule has 0 saturated carbocycles. The maximum atomic E-state index is 5.88. The standard InChI is InChI=1S/C16H21N3/c1-12(13-6-3-2-4-7-13)19-16-9-5-8-14(10-17)15(16)11-18-19/h2-4,6-7,11-12,14H,5,8-10,17H2,1H3. The average Bonchev–Trinajstić information content (AvgIpc) is 2.91. The molecule has 3 nitrogen and oxygen atoms in total. The van der Waals surface area contributed by atoms with Crippen molar-refractivity contribution in [2.45, 2.75) is 38.1 Å². The summed E-state index contributed by atoms with van der Waals surface area (Å²) in [5.74, 6) is 0.500. The van der Waals surface area contributed by atoms with E-state index in [2.05, 4.69) is 47.0 Å². The highest BCUT2D eigenvalue weighted by Crippen LogP contribution is 2.33. The molecule has 0 radical (unpaired) electrons. The number of aromatic nitrogens is 2. The SMILES string of the molecule is CC(c1ccccc1)n1ncc2c1CCCC2CN. The van der Waals surface area contributed by atoms with Gasteiger partial charge in [-0.15, -0.1) is 0 Å². The smallest absolute Gasteiger partial charge is 0.0743 e. The molecule has 2 atom stereocenters. The van der Waals surface area contributed by atoms with E-state index < -0.39 is 0 Å². The molecule has 2 unspecified atom stereocenters. The lowest BCUT2D eigenvalue weighted by atomic mass is 9.87. The maximum Gasteiger partial charge on any atom is 0.0743 e. The molecular weight excluding hydrogens is 234 g/mol. The van der Waals surface area contributed by atoms with Crippen molar-refractivity contribution < 1.29 is 0 Å². The molecule has 1 aromatic carbocycles. The third-order valence-corrected chi connectivity index (χ3v) is 4.27. The summed E-state index contributed by atoms with van der Waals surface area (Å²) in [4.78, 5) is 0. The molecule has 0 bridgehead atoms. The van der Waals surface area contributed by atoms with E-state index >= 15 is 0 Å². The second kappa shape index (κ2) is 5.17. The first-order valence-corrected chi connectivity index (χ1v) is 7.12. The lowest BCUT2D eigenvalue weighted by Crippen LogP contribution is -2.20. The van der Waals surface area contributed by atoms with Crippen LogP contribution in [0.5, 0.6) is 0 Å². The number of nitrogens with zero attached hydrogens (tertiary/aromatic N) is 2. The highest BCUT2D eigenvalue weighted by atomic mass is 15.3. The molecule has 100 valence electrons. The summed E-state index contributed by atoms with van der Waals surface area (Å²) in [7, 11) is 0. The van der Waals surface area contributed by atoms with E-state index in [1.807, 2.05) is 6.20 Å². The maximum absolute atomic E-state index is 5.88. The van der Waals surface area contributed by atoms with Gasteiger partial charge in [0.2, 0.25) is 0 Å². The van der Waals surface area contributed by atoms with Crippen LogP contribution in [0.25, 0.3) is 0 Å². The van der Waals surface area contributed by atoms with Crippen LogP contribution in [0, 0.1) is 0 Å². The number of nitrogens with two attached hydrogens (primary N) is 1.